The Labute approximate surface area is 344 Å². The van der Waals surface area contributed by atoms with Gasteiger partial charge in [0.1, 0.15) is 18.4 Å². The molecule has 0 radical (unpaired) electrons. The van der Waals surface area contributed by atoms with Crippen molar-refractivity contribution in [3.63, 3.8) is 0 Å². The summed E-state index contributed by atoms with van der Waals surface area (Å²) in [6, 6.07) is 4.22. The van der Waals surface area contributed by atoms with Crippen molar-refractivity contribution >= 4 is 39.3 Å². The maximum absolute atomic E-state index is 14.5. The number of halogens is 1. The topological polar surface area (TPSA) is 157 Å². The molecule has 0 bridgehead atoms. The van der Waals surface area contributed by atoms with E-state index in [4.69, 9.17) is 16.3 Å². The van der Waals surface area contributed by atoms with Gasteiger partial charge in [0.2, 0.25) is 21.8 Å². The molecule has 1 saturated heterocycles. The molecule has 6 atom stereocenters. The zero-order valence-electron chi connectivity index (χ0n) is 34.7. The van der Waals surface area contributed by atoms with Gasteiger partial charge in [0.25, 0.3) is 5.91 Å². The highest BCUT2D eigenvalue weighted by Gasteiger charge is 2.67. The maximum atomic E-state index is 14.5. The summed E-state index contributed by atoms with van der Waals surface area (Å²) >= 11 is 6.41. The Balaban J connectivity index is 1.22. The second-order valence-corrected chi connectivity index (χ2v) is 21.4. The van der Waals surface area contributed by atoms with Crippen molar-refractivity contribution in [2.75, 3.05) is 13.2 Å². The Bertz CT molecular complexity index is 1840. The minimum atomic E-state index is -3.83. The molecule has 4 fully saturated rings. The van der Waals surface area contributed by atoms with Crippen LogP contribution in [0.1, 0.15) is 111 Å². The van der Waals surface area contributed by atoms with Crippen molar-refractivity contribution in [2.45, 2.75) is 148 Å². The zero-order chi connectivity index (χ0) is 41.4. The molecule has 6 rings (SSSR count). The summed E-state index contributed by atoms with van der Waals surface area (Å²) in [5.41, 5.74) is 1.51. The zero-order valence-corrected chi connectivity index (χ0v) is 36.3. The van der Waals surface area contributed by atoms with Crippen molar-refractivity contribution in [2.24, 2.45) is 29.1 Å². The number of fused-ring (bicyclic) bond motifs is 1. The van der Waals surface area contributed by atoms with Crippen LogP contribution in [0.3, 0.4) is 0 Å². The van der Waals surface area contributed by atoms with Crippen molar-refractivity contribution in [3.8, 4) is 0 Å². The van der Waals surface area contributed by atoms with Gasteiger partial charge in [-0.1, -0.05) is 84.4 Å². The van der Waals surface area contributed by atoms with Gasteiger partial charge in [-0.15, -0.1) is 0 Å². The first-order chi connectivity index (χ1) is 26.8. The van der Waals surface area contributed by atoms with Crippen molar-refractivity contribution < 1.29 is 32.6 Å². The summed E-state index contributed by atoms with van der Waals surface area (Å²) < 4.78 is 34.3. The first-order valence-corrected chi connectivity index (χ1v) is 22.8. The number of ether oxygens (including phenoxy) is 1. The summed E-state index contributed by atoms with van der Waals surface area (Å²) in [5, 5.41) is 19.0. The van der Waals surface area contributed by atoms with Gasteiger partial charge in [0.15, 0.2) is 0 Å². The van der Waals surface area contributed by atoms with Crippen LogP contribution in [0.15, 0.2) is 42.1 Å². The largest absolute Gasteiger partial charge is 0.378 e. The number of allylic oxidation sites excluding steroid dienone is 3. The number of rotatable bonds is 18. The van der Waals surface area contributed by atoms with Crippen molar-refractivity contribution in [3.05, 3.63) is 58.3 Å². The molecule has 3 amide bonds. The molecule has 0 aromatic heterocycles. The molecule has 3 saturated carbocycles. The number of carbonyl (C=O) groups is 3. The predicted octanol–water partition coefficient (Wildman–Crippen LogP) is 5.39. The number of nitrogens with one attached hydrogen (secondary N) is 3. The molecule has 5 aliphatic rings. The first-order valence-electron chi connectivity index (χ1n) is 20.9. The van der Waals surface area contributed by atoms with E-state index in [1.807, 2.05) is 32.0 Å². The van der Waals surface area contributed by atoms with Gasteiger partial charge < -0.3 is 25.4 Å². The second-order valence-electron chi connectivity index (χ2n) is 19.1. The van der Waals surface area contributed by atoms with Gasteiger partial charge in [0, 0.05) is 30.4 Å². The molecule has 14 heteroatoms. The molecular formula is C43H64ClN5O7S. The van der Waals surface area contributed by atoms with Crippen LogP contribution in [-0.2, 0) is 42.2 Å². The molecule has 3 aliphatic carbocycles. The smallest absolute Gasteiger partial charge is 0.259 e. The van der Waals surface area contributed by atoms with Gasteiger partial charge in [-0.05, 0) is 104 Å². The summed E-state index contributed by atoms with van der Waals surface area (Å²) in [6.45, 7) is 15.6. The Morgan fingerprint density at radius 2 is 1.81 bits per heavy atom. The highest BCUT2D eigenvalue weighted by molar-refractivity contribution is 7.91. The fourth-order valence-corrected chi connectivity index (χ4v) is 9.79. The molecule has 1 unspecified atom stereocenters. The highest BCUT2D eigenvalue weighted by atomic mass is 35.5. The lowest BCUT2D eigenvalue weighted by Crippen LogP contribution is -2.60. The summed E-state index contributed by atoms with van der Waals surface area (Å²) in [7, 11) is -3.83. The number of sulfonamides is 1. The Kier molecular flexibility index (Phi) is 13.3. The normalized spacial score (nSPS) is 26.5. The Morgan fingerprint density at radius 3 is 2.42 bits per heavy atom. The van der Waals surface area contributed by atoms with E-state index in [2.05, 4.69) is 68.2 Å². The number of carbonyl (C=O) groups excluding carboxylic acids is 3. The van der Waals surface area contributed by atoms with E-state index in [9.17, 15) is 27.9 Å². The van der Waals surface area contributed by atoms with E-state index in [1.54, 1.807) is 9.80 Å². The van der Waals surface area contributed by atoms with E-state index >= 15 is 0 Å². The third kappa shape index (κ3) is 10.8. The predicted molar refractivity (Wildman–Crippen MR) is 221 cm³/mol. The van der Waals surface area contributed by atoms with Crippen LogP contribution in [0.5, 0.6) is 0 Å². The van der Waals surface area contributed by atoms with Crippen LogP contribution in [-0.4, -0.2) is 89.4 Å². The summed E-state index contributed by atoms with van der Waals surface area (Å²) in [6.07, 6.45) is 9.71. The molecule has 0 spiro atoms. The van der Waals surface area contributed by atoms with Crippen LogP contribution in [0, 0.1) is 29.1 Å². The average Bonchev–Trinajstić information content (AvgIpc) is 4.06. The fraction of sp³-hybridized carbons (Fsp3) is 0.698. The van der Waals surface area contributed by atoms with E-state index in [-0.39, 0.29) is 48.6 Å². The highest BCUT2D eigenvalue weighted by Crippen LogP contribution is 2.57. The Morgan fingerprint density at radius 1 is 1.09 bits per heavy atom. The lowest BCUT2D eigenvalue weighted by molar-refractivity contribution is -0.138. The van der Waals surface area contributed by atoms with E-state index in [0.717, 1.165) is 42.5 Å². The number of benzene rings is 1. The van der Waals surface area contributed by atoms with Gasteiger partial charge in [-0.3, -0.25) is 24.0 Å². The quantitative estimate of drug-likeness (QED) is 0.143. The third-order valence-electron chi connectivity index (χ3n) is 12.0. The number of aliphatic hydroxyl groups excluding tert-OH is 1. The minimum Gasteiger partial charge on any atom is -0.378 e. The first kappa shape index (κ1) is 43.6. The van der Waals surface area contributed by atoms with Crippen molar-refractivity contribution in [1.29, 1.82) is 0 Å². The summed E-state index contributed by atoms with van der Waals surface area (Å²) in [5.74, 6) is -0.860. The average molecular weight is 831 g/mol. The van der Waals surface area contributed by atoms with Gasteiger partial charge in [-0.25, -0.2) is 8.42 Å². The molecular weight excluding hydrogens is 766 g/mol. The van der Waals surface area contributed by atoms with Crippen molar-refractivity contribution in [1.82, 2.24) is 25.2 Å². The van der Waals surface area contributed by atoms with Crippen LogP contribution in [0.4, 0.5) is 0 Å². The molecule has 2 heterocycles. The summed E-state index contributed by atoms with van der Waals surface area (Å²) in [4.78, 5) is 45.1. The third-order valence-corrected chi connectivity index (χ3v) is 14.2. The lowest BCUT2D eigenvalue weighted by Gasteiger charge is -2.37. The molecule has 4 N–H and O–H groups in total. The van der Waals surface area contributed by atoms with Gasteiger partial charge in [0.05, 0.1) is 23.4 Å². The molecule has 57 heavy (non-hydrogen) atoms. The van der Waals surface area contributed by atoms with E-state index in [0.29, 0.717) is 43.3 Å². The number of hydrogen-bond acceptors (Lipinski definition) is 9. The lowest BCUT2D eigenvalue weighted by atomic mass is 9.91. The van der Waals surface area contributed by atoms with E-state index in [1.165, 1.54) is 0 Å². The standard InChI is InChI=1S/C43H64ClN5O7S/c1-26(2)10-8-12-30(18-19-42(5,6)7)45-38(27(3)4)40(52)49-23-31(56-25-37(50)48-22-29-11-9-13-35(44)33(29)24-48)20-36(49)39(51)46-43(21-34(43)28-14-15-28)41(53)47-57(54,55)32-16-17-32/h8-9,11-13,18,26-28,31-32,34,36,38,40,45,52H,10,14-17,19-25H2,1-7H3,(H,46,51)(H,47,53)/b12-8-,30-18+/t31-,34+,36+,38+,40?,43-/m1/s1. The molecule has 1 aromatic carbocycles. The molecule has 2 aliphatic heterocycles. The van der Waals surface area contributed by atoms with Gasteiger partial charge in [-0.2, -0.15) is 0 Å². The number of hydrogen-bond donors (Lipinski definition) is 4. The molecule has 12 nitrogen and oxygen atoms in total. The second kappa shape index (κ2) is 17.3. The molecule has 316 valence electrons. The van der Waals surface area contributed by atoms with Crippen LogP contribution >= 0.6 is 11.6 Å². The molecule has 1 aromatic rings. The van der Waals surface area contributed by atoms with Crippen LogP contribution < -0.4 is 15.4 Å². The monoisotopic (exact) mass is 829 g/mol. The number of aliphatic hydroxyl groups is 1. The number of amides is 3. The fourth-order valence-electron chi connectivity index (χ4n) is 8.17. The van der Waals surface area contributed by atoms with Gasteiger partial charge >= 0.3 is 0 Å². The van der Waals surface area contributed by atoms with Crippen LogP contribution in [0.2, 0.25) is 5.02 Å². The number of nitrogens with zero attached hydrogens (tertiary/aromatic N) is 2. The van der Waals surface area contributed by atoms with Crippen LogP contribution in [0.25, 0.3) is 0 Å². The van der Waals surface area contributed by atoms with E-state index < -0.39 is 57.0 Å². The SMILES string of the molecule is CC(C)C/C=C\C(=C/CC(C)(C)C)N[C@@H](C(C)C)C(O)N1C[C@H](OCC(=O)N2Cc3cccc(Cl)c3C2)C[C@H]1C(=O)N[C@]1(C(=O)NS(=O)(=O)C2CC2)C[C@H]1C1CC1. The maximum Gasteiger partial charge on any atom is 0.259 e. The Hall–Kier alpha value is -2.97. The number of likely N-dealkylation sites (tertiary alicyclic amines) is 1. The minimum absolute atomic E-state index is 0.0381.